The van der Waals surface area contributed by atoms with Gasteiger partial charge in [-0.2, -0.15) is 0 Å². The highest BCUT2D eigenvalue weighted by molar-refractivity contribution is 7.89. The highest BCUT2D eigenvalue weighted by Crippen LogP contribution is 2.28. The number of nitrogens with one attached hydrogen (secondary N) is 1. The summed E-state index contributed by atoms with van der Waals surface area (Å²) in [5.41, 5.74) is 1.25. The molecular formula is C16H18N2O3S. The molecule has 1 aliphatic rings. The number of hydrogen-bond acceptors (Lipinski definition) is 4. The number of benzene rings is 1. The van der Waals surface area contributed by atoms with Gasteiger partial charge in [0.15, 0.2) is 0 Å². The third-order valence-corrected chi connectivity index (χ3v) is 5.42. The van der Waals surface area contributed by atoms with Crippen molar-refractivity contribution in [2.75, 3.05) is 6.54 Å². The molecule has 0 radical (unpaired) electrons. The number of sulfonamides is 1. The second kappa shape index (κ2) is 5.79. The van der Waals surface area contributed by atoms with E-state index in [0.717, 1.165) is 12.0 Å². The first-order valence-corrected chi connectivity index (χ1v) is 8.66. The van der Waals surface area contributed by atoms with Gasteiger partial charge >= 0.3 is 0 Å². The number of pyridine rings is 1. The van der Waals surface area contributed by atoms with Crippen LogP contribution in [0.1, 0.15) is 17.5 Å². The number of fused-ring (bicyclic) bond motifs is 1. The molecule has 3 rings (SSSR count). The molecule has 1 aromatic carbocycles. The summed E-state index contributed by atoms with van der Waals surface area (Å²) in [5.74, 6) is 0. The average Bonchev–Trinajstić information content (AvgIpc) is 2.54. The fourth-order valence-electron chi connectivity index (χ4n) is 2.75. The maximum absolute atomic E-state index is 12.2. The van der Waals surface area contributed by atoms with E-state index in [9.17, 15) is 13.5 Å². The van der Waals surface area contributed by atoms with Crippen LogP contribution in [-0.2, 0) is 22.9 Å². The van der Waals surface area contributed by atoms with Crippen molar-refractivity contribution in [2.45, 2.75) is 29.8 Å². The summed E-state index contributed by atoms with van der Waals surface area (Å²) in [5, 5.41) is 10.7. The Morgan fingerprint density at radius 1 is 1.18 bits per heavy atom. The van der Waals surface area contributed by atoms with Crippen LogP contribution in [0, 0.1) is 0 Å². The molecule has 2 aromatic rings. The molecule has 0 aliphatic heterocycles. The summed E-state index contributed by atoms with van der Waals surface area (Å²) < 4.78 is 26.9. The van der Waals surface area contributed by atoms with Gasteiger partial charge in [0.1, 0.15) is 4.90 Å². The first-order valence-electron chi connectivity index (χ1n) is 7.17. The Morgan fingerprint density at radius 2 is 1.95 bits per heavy atom. The molecule has 0 spiro atoms. The molecule has 0 saturated carbocycles. The lowest BCUT2D eigenvalue weighted by molar-refractivity contribution is 0.0317. The zero-order valence-corrected chi connectivity index (χ0v) is 12.9. The predicted octanol–water partition coefficient (Wildman–Crippen LogP) is 1.28. The summed E-state index contributed by atoms with van der Waals surface area (Å²) in [6.45, 7) is -0.00143. The maximum Gasteiger partial charge on any atom is 0.242 e. The third kappa shape index (κ3) is 3.19. The van der Waals surface area contributed by atoms with Gasteiger partial charge in [-0.1, -0.05) is 24.3 Å². The van der Waals surface area contributed by atoms with Crippen molar-refractivity contribution in [3.8, 4) is 0 Å². The molecule has 2 N–H and O–H groups in total. The quantitative estimate of drug-likeness (QED) is 0.890. The minimum absolute atomic E-state index is 0.00143. The lowest BCUT2D eigenvalue weighted by Gasteiger charge is -2.33. The van der Waals surface area contributed by atoms with Crippen molar-refractivity contribution in [3.05, 3.63) is 59.9 Å². The molecule has 0 saturated heterocycles. The van der Waals surface area contributed by atoms with E-state index in [-0.39, 0.29) is 11.4 Å². The second-order valence-corrected chi connectivity index (χ2v) is 7.45. The molecule has 6 heteroatoms. The van der Waals surface area contributed by atoms with Gasteiger partial charge in [-0.3, -0.25) is 4.98 Å². The molecule has 0 fully saturated rings. The summed E-state index contributed by atoms with van der Waals surface area (Å²) in [7, 11) is -3.65. The largest absolute Gasteiger partial charge is 0.388 e. The van der Waals surface area contributed by atoms with Gasteiger partial charge in [0, 0.05) is 25.4 Å². The van der Waals surface area contributed by atoms with E-state index in [4.69, 9.17) is 0 Å². The van der Waals surface area contributed by atoms with E-state index in [1.165, 1.54) is 24.0 Å². The molecule has 1 heterocycles. The molecule has 1 unspecified atom stereocenters. The summed E-state index contributed by atoms with van der Waals surface area (Å²) >= 11 is 0. The number of aromatic nitrogens is 1. The fourth-order valence-corrected chi connectivity index (χ4v) is 3.84. The highest BCUT2D eigenvalue weighted by Gasteiger charge is 2.33. The van der Waals surface area contributed by atoms with Crippen molar-refractivity contribution < 1.29 is 13.5 Å². The van der Waals surface area contributed by atoms with Gasteiger partial charge in [-0.25, -0.2) is 13.1 Å². The van der Waals surface area contributed by atoms with Gasteiger partial charge in [0.2, 0.25) is 10.0 Å². The normalized spacial score (nSPS) is 21.3. The minimum atomic E-state index is -3.65. The van der Waals surface area contributed by atoms with E-state index in [1.807, 2.05) is 18.2 Å². The Morgan fingerprint density at radius 3 is 2.68 bits per heavy atom. The first-order chi connectivity index (χ1) is 10.5. The van der Waals surface area contributed by atoms with E-state index in [2.05, 4.69) is 15.8 Å². The van der Waals surface area contributed by atoms with E-state index >= 15 is 0 Å². The number of rotatable bonds is 4. The second-order valence-electron chi connectivity index (χ2n) is 5.68. The summed E-state index contributed by atoms with van der Waals surface area (Å²) in [6, 6.07) is 11.0. The van der Waals surface area contributed by atoms with Gasteiger partial charge in [-0.15, -0.1) is 0 Å². The Labute approximate surface area is 130 Å². The monoisotopic (exact) mass is 318 g/mol. The standard InChI is InChI=1S/C16H18N2O3S/c19-16(8-7-13-4-1-2-5-14(13)10-16)12-18-22(20,21)15-6-3-9-17-11-15/h1-6,9,11,18-19H,7-8,10,12H2. The van der Waals surface area contributed by atoms with Crippen molar-refractivity contribution in [1.82, 2.24) is 9.71 Å². The lowest BCUT2D eigenvalue weighted by Crippen LogP contribution is -2.46. The molecule has 0 bridgehead atoms. The van der Waals surface area contributed by atoms with Crippen LogP contribution in [0.4, 0.5) is 0 Å². The topological polar surface area (TPSA) is 79.3 Å². The Bertz CT molecular complexity index is 762. The lowest BCUT2D eigenvalue weighted by atomic mass is 9.80. The zero-order valence-electron chi connectivity index (χ0n) is 12.1. The highest BCUT2D eigenvalue weighted by atomic mass is 32.2. The van der Waals surface area contributed by atoms with Crippen molar-refractivity contribution in [3.63, 3.8) is 0 Å². The molecule has 1 aliphatic carbocycles. The van der Waals surface area contributed by atoms with E-state index in [0.29, 0.717) is 12.8 Å². The van der Waals surface area contributed by atoms with Crippen molar-refractivity contribution in [1.29, 1.82) is 0 Å². The maximum atomic E-state index is 12.2. The Kier molecular flexibility index (Phi) is 3.99. The van der Waals surface area contributed by atoms with Crippen LogP contribution in [-0.4, -0.2) is 30.7 Å². The van der Waals surface area contributed by atoms with Gasteiger partial charge in [0.05, 0.1) is 5.60 Å². The summed E-state index contributed by atoms with van der Waals surface area (Å²) in [4.78, 5) is 3.92. The van der Waals surface area contributed by atoms with E-state index < -0.39 is 15.6 Å². The van der Waals surface area contributed by atoms with Crippen LogP contribution in [0.5, 0.6) is 0 Å². The predicted molar refractivity (Wildman–Crippen MR) is 82.8 cm³/mol. The first kappa shape index (κ1) is 15.1. The summed E-state index contributed by atoms with van der Waals surface area (Å²) in [6.07, 6.45) is 4.56. The van der Waals surface area contributed by atoms with E-state index in [1.54, 1.807) is 6.07 Å². The zero-order chi connectivity index (χ0) is 15.6. The molecule has 1 atom stereocenters. The number of hydrogen-bond donors (Lipinski definition) is 2. The van der Waals surface area contributed by atoms with Crippen LogP contribution < -0.4 is 4.72 Å². The molecule has 22 heavy (non-hydrogen) atoms. The molecule has 1 aromatic heterocycles. The minimum Gasteiger partial charge on any atom is -0.388 e. The van der Waals surface area contributed by atoms with Gasteiger partial charge in [-0.05, 0) is 36.1 Å². The Hall–Kier alpha value is -1.76. The van der Waals surface area contributed by atoms with Gasteiger partial charge < -0.3 is 5.11 Å². The van der Waals surface area contributed by atoms with Crippen molar-refractivity contribution >= 4 is 10.0 Å². The fraction of sp³-hybridized carbons (Fsp3) is 0.312. The third-order valence-electron chi connectivity index (χ3n) is 4.03. The van der Waals surface area contributed by atoms with Crippen LogP contribution in [0.3, 0.4) is 0 Å². The molecular weight excluding hydrogens is 300 g/mol. The van der Waals surface area contributed by atoms with Crippen LogP contribution in [0.25, 0.3) is 0 Å². The SMILES string of the molecule is O=S(=O)(NCC1(O)CCc2ccccc2C1)c1cccnc1. The molecule has 5 nitrogen and oxygen atoms in total. The number of aryl methyl sites for hydroxylation is 1. The molecule has 0 amide bonds. The van der Waals surface area contributed by atoms with Crippen LogP contribution in [0.15, 0.2) is 53.7 Å². The number of nitrogens with zero attached hydrogens (tertiary/aromatic N) is 1. The van der Waals surface area contributed by atoms with Crippen LogP contribution in [0.2, 0.25) is 0 Å². The number of aliphatic hydroxyl groups is 1. The van der Waals surface area contributed by atoms with Gasteiger partial charge in [0.25, 0.3) is 0 Å². The Balaban J connectivity index is 1.72. The van der Waals surface area contributed by atoms with Crippen LogP contribution >= 0.6 is 0 Å². The van der Waals surface area contributed by atoms with Crippen molar-refractivity contribution in [2.24, 2.45) is 0 Å². The smallest absolute Gasteiger partial charge is 0.242 e. The average molecular weight is 318 g/mol. The molecule has 116 valence electrons.